The molecule has 3 aromatic carbocycles. The van der Waals surface area contributed by atoms with Gasteiger partial charge in [0.15, 0.2) is 12.6 Å². The highest BCUT2D eigenvalue weighted by atomic mass is 19.1. The van der Waals surface area contributed by atoms with Crippen molar-refractivity contribution in [2.45, 2.75) is 128 Å². The lowest BCUT2D eigenvalue weighted by molar-refractivity contribution is -0.134. The minimum absolute atomic E-state index is 0.0126. The predicted octanol–water partition coefficient (Wildman–Crippen LogP) is 9.28. The van der Waals surface area contributed by atoms with Crippen molar-refractivity contribution in [1.29, 1.82) is 0 Å². The number of carbonyl (C=O) groups excluding carboxylic acids is 3. The standard InChI is InChI=1S/C60H71F4N9O7/c1-6-41-45(61)11-7-35-23-40(79-34-77-5)26-43(49(35)41)52-51(64)53-44(27-65-52)54(72-28-37-8-9-38(29-72)73(37)57(76)80-58(2,3)4)68-56(67-53)78-33-60(17-18-60)32-69-30-59(31-69)15-13-36(14-16-59)70-19-21-71(22-20-70)39-24-46(62)50(47(63)25-39)42-10-12-48(74)66-55(42)75/h7,11,23-27,36-38,42H,6,8-10,12-22,28-34H2,1-5H3,(H,66,74,75). The second-order valence-electron chi connectivity index (χ2n) is 24.7. The number of halogens is 4. The van der Waals surface area contributed by atoms with Crippen LogP contribution < -0.4 is 24.6 Å². The molecule has 2 bridgehead atoms. The number of nitrogens with zero attached hydrogens (tertiary/aromatic N) is 8. The summed E-state index contributed by atoms with van der Waals surface area (Å²) in [6, 6.07) is 9.38. The van der Waals surface area contributed by atoms with Crippen LogP contribution in [0.2, 0.25) is 0 Å². The van der Waals surface area contributed by atoms with Gasteiger partial charge in [0.1, 0.15) is 45.8 Å². The number of rotatable bonds is 14. The van der Waals surface area contributed by atoms with Crippen molar-refractivity contribution in [3.8, 4) is 23.0 Å². The predicted molar refractivity (Wildman–Crippen MR) is 293 cm³/mol. The molecule has 12 rings (SSSR count). The molecule has 1 N–H and O–H groups in total. The number of ether oxygens (including phenoxy) is 4. The number of imide groups is 1. The number of methoxy groups -OCH3 is 1. The van der Waals surface area contributed by atoms with Crippen LogP contribution in [-0.2, 0) is 25.5 Å². The van der Waals surface area contributed by atoms with E-state index in [0.717, 1.165) is 84.1 Å². The zero-order valence-corrected chi connectivity index (χ0v) is 46.4. The highest BCUT2D eigenvalue weighted by Gasteiger charge is 2.52. The first-order valence-electron chi connectivity index (χ1n) is 28.6. The third-order valence-electron chi connectivity index (χ3n) is 18.1. The number of aromatic nitrogens is 3. The van der Waals surface area contributed by atoms with Gasteiger partial charge in [0.2, 0.25) is 11.8 Å². The van der Waals surface area contributed by atoms with E-state index in [9.17, 15) is 14.4 Å². The Kier molecular flexibility index (Phi) is 14.4. The number of fused-ring (bicyclic) bond motifs is 4. The van der Waals surface area contributed by atoms with E-state index in [1.807, 2.05) is 37.5 Å². The average Bonchev–Trinajstić information content (AvgIpc) is 4.15. The van der Waals surface area contributed by atoms with Gasteiger partial charge in [-0.15, -0.1) is 0 Å². The number of anilines is 2. The number of amides is 3. The molecule has 7 aliphatic rings. The Bertz CT molecular complexity index is 3200. The van der Waals surface area contributed by atoms with E-state index in [4.69, 9.17) is 33.9 Å². The van der Waals surface area contributed by atoms with Gasteiger partial charge in [-0.25, -0.2) is 22.4 Å². The van der Waals surface area contributed by atoms with E-state index in [0.29, 0.717) is 89.8 Å². The maximum Gasteiger partial charge on any atom is 0.410 e. The van der Waals surface area contributed by atoms with Crippen LogP contribution in [0.15, 0.2) is 42.6 Å². The largest absolute Gasteiger partial charge is 0.468 e. The topological polar surface area (TPSA) is 155 Å². The van der Waals surface area contributed by atoms with Gasteiger partial charge in [-0.2, -0.15) is 9.97 Å². The number of benzene rings is 3. The lowest BCUT2D eigenvalue weighted by Gasteiger charge is -2.55. The Labute approximate surface area is 463 Å². The SMILES string of the molecule is CCc1c(F)ccc2cc(OCOC)cc(-c3ncc4c(N5CC6CCC(C5)N6C(=O)OC(C)(C)C)nc(OCC5(CN6CC7(CCC(N8CCN(c9cc(F)c(C%10CCC(=O)NC%10=O)c(F)c9)CC8)CC7)C6)CC5)nc4c3F)c12. The maximum absolute atomic E-state index is 17.7. The molecule has 3 amide bonds. The number of pyridine rings is 1. The molecule has 2 aromatic heterocycles. The summed E-state index contributed by atoms with van der Waals surface area (Å²) in [6.45, 7) is 14.4. The van der Waals surface area contributed by atoms with E-state index in [-0.39, 0.29) is 71.4 Å². The lowest BCUT2D eigenvalue weighted by atomic mass is 9.67. The lowest BCUT2D eigenvalue weighted by Crippen LogP contribution is -2.60. The Morgan fingerprint density at radius 3 is 2.19 bits per heavy atom. The van der Waals surface area contributed by atoms with Crippen LogP contribution in [-0.4, -0.2) is 151 Å². The van der Waals surface area contributed by atoms with Crippen LogP contribution >= 0.6 is 0 Å². The third-order valence-corrected chi connectivity index (χ3v) is 18.1. The molecule has 426 valence electrons. The van der Waals surface area contributed by atoms with E-state index in [2.05, 4.69) is 20.0 Å². The molecule has 2 saturated carbocycles. The fourth-order valence-corrected chi connectivity index (χ4v) is 14.0. The molecule has 2 aliphatic carbocycles. The average molecular weight is 1110 g/mol. The summed E-state index contributed by atoms with van der Waals surface area (Å²) in [7, 11) is 1.51. The van der Waals surface area contributed by atoms with Crippen LogP contribution in [0.3, 0.4) is 0 Å². The Morgan fingerprint density at radius 2 is 1.54 bits per heavy atom. The summed E-state index contributed by atoms with van der Waals surface area (Å²) >= 11 is 0. The second kappa shape index (κ2) is 21.2. The van der Waals surface area contributed by atoms with Crippen molar-refractivity contribution >= 4 is 51.1 Å². The van der Waals surface area contributed by atoms with Gasteiger partial charge in [-0.3, -0.25) is 29.7 Å². The van der Waals surface area contributed by atoms with Crippen LogP contribution in [0.1, 0.15) is 109 Å². The summed E-state index contributed by atoms with van der Waals surface area (Å²) in [4.78, 5) is 63.2. The summed E-state index contributed by atoms with van der Waals surface area (Å²) < 4.78 is 87.5. The molecule has 20 heteroatoms. The number of nitrogens with one attached hydrogen (secondary N) is 1. The first-order valence-corrected chi connectivity index (χ1v) is 28.6. The number of likely N-dealkylation sites (tertiary alicyclic amines) is 1. The fourth-order valence-electron chi connectivity index (χ4n) is 14.0. The fraction of sp³-hybridized carbons (Fsp3) is 0.567. The number of carbonyl (C=O) groups is 3. The Hall–Kier alpha value is -6.38. The molecule has 80 heavy (non-hydrogen) atoms. The summed E-state index contributed by atoms with van der Waals surface area (Å²) in [5.41, 5.74) is 0.514. The van der Waals surface area contributed by atoms with Crippen LogP contribution in [0.5, 0.6) is 11.8 Å². The molecule has 16 nitrogen and oxygen atoms in total. The molecular weight excluding hydrogens is 1030 g/mol. The van der Waals surface area contributed by atoms with Crippen LogP contribution in [0.4, 0.5) is 33.9 Å². The Morgan fingerprint density at radius 1 is 0.825 bits per heavy atom. The van der Waals surface area contributed by atoms with Crippen molar-refractivity contribution < 1.29 is 50.9 Å². The molecular formula is C60H71F4N9O7. The van der Waals surface area contributed by atoms with E-state index >= 15 is 17.6 Å². The first kappa shape index (κ1) is 54.2. The molecule has 7 heterocycles. The van der Waals surface area contributed by atoms with Gasteiger partial charge < -0.3 is 33.6 Å². The van der Waals surface area contributed by atoms with Gasteiger partial charge >= 0.3 is 12.1 Å². The monoisotopic (exact) mass is 1110 g/mol. The van der Waals surface area contributed by atoms with Crippen molar-refractivity contribution in [3.63, 3.8) is 0 Å². The smallest absolute Gasteiger partial charge is 0.410 e. The summed E-state index contributed by atoms with van der Waals surface area (Å²) in [5.74, 6) is -3.85. The number of piperazine rings is 2. The minimum Gasteiger partial charge on any atom is -0.468 e. The van der Waals surface area contributed by atoms with E-state index in [1.165, 1.54) is 25.3 Å². The molecule has 5 saturated heterocycles. The summed E-state index contributed by atoms with van der Waals surface area (Å²) in [5, 5.41) is 3.79. The van der Waals surface area contributed by atoms with Gasteiger partial charge in [0.05, 0.1) is 30.0 Å². The van der Waals surface area contributed by atoms with Crippen molar-refractivity contribution in [3.05, 3.63) is 77.0 Å². The van der Waals surface area contributed by atoms with Gasteiger partial charge in [0.25, 0.3) is 0 Å². The molecule has 5 aliphatic heterocycles. The van der Waals surface area contributed by atoms with E-state index < -0.39 is 46.6 Å². The van der Waals surface area contributed by atoms with Crippen molar-refractivity contribution in [1.82, 2.24) is 35.0 Å². The number of aryl methyl sites for hydroxylation is 1. The van der Waals surface area contributed by atoms with Crippen molar-refractivity contribution in [2.75, 3.05) is 89.2 Å². The zero-order chi connectivity index (χ0) is 55.8. The molecule has 1 spiro atoms. The van der Waals surface area contributed by atoms with Gasteiger partial charge in [-0.05, 0) is 137 Å². The number of piperidine rings is 1. The first-order chi connectivity index (χ1) is 38.4. The van der Waals surface area contributed by atoms with Crippen LogP contribution in [0, 0.1) is 34.1 Å². The highest BCUT2D eigenvalue weighted by Crippen LogP contribution is 2.52. The number of hydrogen-bond acceptors (Lipinski definition) is 14. The van der Waals surface area contributed by atoms with E-state index in [1.54, 1.807) is 24.4 Å². The quantitative estimate of drug-likeness (QED) is 0.0638. The Balaban J connectivity index is 0.724. The molecule has 0 radical (unpaired) electrons. The number of hydrogen-bond donors (Lipinski definition) is 1. The maximum atomic E-state index is 17.7. The molecule has 7 fully saturated rings. The minimum atomic E-state index is -1.02. The zero-order valence-electron chi connectivity index (χ0n) is 46.4. The van der Waals surface area contributed by atoms with Crippen molar-refractivity contribution in [2.24, 2.45) is 10.8 Å². The molecule has 3 atom stereocenters. The van der Waals surface area contributed by atoms with Gasteiger partial charge in [-0.1, -0.05) is 13.0 Å². The van der Waals surface area contributed by atoms with Gasteiger partial charge in [0, 0.05) is 107 Å². The second-order valence-corrected chi connectivity index (χ2v) is 24.7. The molecule has 3 unspecified atom stereocenters. The summed E-state index contributed by atoms with van der Waals surface area (Å²) in [6.07, 6.45) is 9.74. The highest BCUT2D eigenvalue weighted by molar-refractivity contribution is 6.02. The third kappa shape index (κ3) is 10.5. The van der Waals surface area contributed by atoms with Crippen LogP contribution in [0.25, 0.3) is 32.9 Å². The molecule has 5 aromatic rings. The normalized spacial score (nSPS) is 23.2.